The van der Waals surface area contributed by atoms with Crippen LogP contribution < -0.4 is 10.6 Å². The Bertz CT molecular complexity index is 1290. The quantitative estimate of drug-likeness (QED) is 0.451. The van der Waals surface area contributed by atoms with Gasteiger partial charge in [-0.2, -0.15) is 0 Å². The molecule has 3 aromatic carbocycles. The van der Waals surface area contributed by atoms with Crippen LogP contribution in [0.1, 0.15) is 46.7 Å². The van der Waals surface area contributed by atoms with Gasteiger partial charge in [-0.15, -0.1) is 0 Å². The van der Waals surface area contributed by atoms with Crippen molar-refractivity contribution in [2.75, 3.05) is 11.9 Å². The number of carboxylic acids is 1. The maximum absolute atomic E-state index is 14.1. The van der Waals surface area contributed by atoms with Crippen molar-refractivity contribution in [2.24, 2.45) is 0 Å². The minimum atomic E-state index is -1.26. The molecule has 0 aliphatic heterocycles. The van der Waals surface area contributed by atoms with E-state index in [0.717, 1.165) is 28.3 Å². The Balaban J connectivity index is 1.18. The summed E-state index contributed by atoms with van der Waals surface area (Å²) in [6.07, 6.45) is 0.558. The van der Waals surface area contributed by atoms with Crippen molar-refractivity contribution in [3.05, 3.63) is 89.2 Å². The molecule has 0 radical (unpaired) electrons. The van der Waals surface area contributed by atoms with E-state index >= 15 is 0 Å². The minimum absolute atomic E-state index is 0.0443. The van der Waals surface area contributed by atoms with Crippen molar-refractivity contribution in [3.8, 4) is 11.1 Å². The molecule has 178 valence electrons. The molecule has 0 atom stereocenters. The summed E-state index contributed by atoms with van der Waals surface area (Å²) in [7, 11) is 0. The second-order valence-corrected chi connectivity index (χ2v) is 8.96. The zero-order chi connectivity index (χ0) is 24.6. The van der Waals surface area contributed by atoms with Gasteiger partial charge in [0, 0.05) is 5.92 Å². The van der Waals surface area contributed by atoms with Gasteiger partial charge in [0.2, 0.25) is 5.91 Å². The van der Waals surface area contributed by atoms with Crippen molar-refractivity contribution in [1.29, 1.82) is 0 Å². The molecule has 0 spiro atoms. The maximum Gasteiger partial charge on any atom is 0.407 e. The Morgan fingerprint density at radius 1 is 0.971 bits per heavy atom. The third-order valence-corrected chi connectivity index (χ3v) is 6.55. The number of hydrogen-bond donors (Lipinski definition) is 3. The van der Waals surface area contributed by atoms with Crippen molar-refractivity contribution >= 4 is 23.7 Å². The maximum atomic E-state index is 14.1. The second-order valence-electron chi connectivity index (χ2n) is 8.96. The summed E-state index contributed by atoms with van der Waals surface area (Å²) < 4.78 is 19.7. The predicted octanol–water partition coefficient (Wildman–Crippen LogP) is 4.92. The van der Waals surface area contributed by atoms with E-state index in [4.69, 9.17) is 9.84 Å². The van der Waals surface area contributed by atoms with Gasteiger partial charge in [-0.3, -0.25) is 4.79 Å². The number of hydrogen-bond acceptors (Lipinski definition) is 4. The molecular weight excluding hydrogens is 451 g/mol. The summed E-state index contributed by atoms with van der Waals surface area (Å²) in [5.74, 6) is -2.65. The predicted molar refractivity (Wildman–Crippen MR) is 127 cm³/mol. The highest BCUT2D eigenvalue weighted by Gasteiger charge is 2.46. The van der Waals surface area contributed by atoms with Gasteiger partial charge in [0.15, 0.2) is 0 Å². The average molecular weight is 474 g/mol. The minimum Gasteiger partial charge on any atom is -0.478 e. The summed E-state index contributed by atoms with van der Waals surface area (Å²) in [4.78, 5) is 36.0. The average Bonchev–Trinajstić information content (AvgIpc) is 3.50. The van der Waals surface area contributed by atoms with E-state index in [1.807, 2.05) is 36.4 Å². The number of halogens is 1. The number of carbonyl (C=O) groups excluding carboxylic acids is 2. The summed E-state index contributed by atoms with van der Waals surface area (Å²) >= 11 is 0. The zero-order valence-electron chi connectivity index (χ0n) is 18.7. The third-order valence-electron chi connectivity index (χ3n) is 6.55. The first-order valence-corrected chi connectivity index (χ1v) is 11.3. The first kappa shape index (κ1) is 22.6. The standard InChI is InChI=1S/C27H23FN2O5/c28-22-13-16(25(32)33)9-10-23(22)29-24(31)14-27(11-12-27)30-26(34)35-15-21-19-7-3-1-5-17(19)18-6-2-4-8-20(18)21/h1-10,13,21H,11-12,14-15H2,(H,29,31)(H,30,34)(H,32,33). The number of rotatable bonds is 7. The van der Waals surface area contributed by atoms with Gasteiger partial charge in [0.25, 0.3) is 0 Å². The molecule has 0 aromatic heterocycles. The number of anilines is 1. The highest BCUT2D eigenvalue weighted by Crippen LogP contribution is 2.44. The Kier molecular flexibility index (Phi) is 5.72. The Morgan fingerprint density at radius 3 is 2.17 bits per heavy atom. The number of fused-ring (bicyclic) bond motifs is 3. The van der Waals surface area contributed by atoms with Crippen LogP contribution in [0.25, 0.3) is 11.1 Å². The fourth-order valence-corrected chi connectivity index (χ4v) is 4.60. The summed E-state index contributed by atoms with van der Waals surface area (Å²) in [6, 6.07) is 19.4. The fourth-order valence-electron chi connectivity index (χ4n) is 4.60. The molecule has 0 heterocycles. The summed E-state index contributed by atoms with van der Waals surface area (Å²) in [6.45, 7) is 0.170. The molecule has 5 rings (SSSR count). The molecule has 8 heteroatoms. The van der Waals surface area contributed by atoms with Crippen LogP contribution in [0.5, 0.6) is 0 Å². The third kappa shape index (κ3) is 4.59. The van der Waals surface area contributed by atoms with Gasteiger partial charge in [-0.25, -0.2) is 14.0 Å². The molecular formula is C27H23FN2O5. The van der Waals surface area contributed by atoms with E-state index in [0.29, 0.717) is 12.8 Å². The lowest BCUT2D eigenvalue weighted by molar-refractivity contribution is -0.116. The molecule has 0 unspecified atom stereocenters. The number of amides is 2. The van der Waals surface area contributed by atoms with Gasteiger partial charge >= 0.3 is 12.1 Å². The van der Waals surface area contributed by atoms with Gasteiger partial charge in [-0.1, -0.05) is 48.5 Å². The molecule has 35 heavy (non-hydrogen) atoms. The van der Waals surface area contributed by atoms with Crippen LogP contribution in [-0.2, 0) is 9.53 Å². The van der Waals surface area contributed by atoms with Crippen molar-refractivity contribution in [3.63, 3.8) is 0 Å². The van der Waals surface area contributed by atoms with E-state index in [2.05, 4.69) is 22.8 Å². The first-order valence-electron chi connectivity index (χ1n) is 11.3. The highest BCUT2D eigenvalue weighted by molar-refractivity contribution is 5.93. The number of nitrogens with one attached hydrogen (secondary N) is 2. The monoisotopic (exact) mass is 474 g/mol. The zero-order valence-corrected chi connectivity index (χ0v) is 18.7. The van der Waals surface area contributed by atoms with Crippen LogP contribution in [0.4, 0.5) is 14.9 Å². The first-order chi connectivity index (χ1) is 16.8. The molecule has 3 N–H and O–H groups in total. The molecule has 0 bridgehead atoms. The molecule has 0 saturated heterocycles. The van der Waals surface area contributed by atoms with E-state index in [1.54, 1.807) is 0 Å². The molecule has 2 amide bonds. The van der Waals surface area contributed by atoms with Crippen LogP contribution in [0, 0.1) is 5.82 Å². The Hall–Kier alpha value is -4.20. The molecule has 7 nitrogen and oxygen atoms in total. The summed E-state index contributed by atoms with van der Waals surface area (Å²) in [5, 5.41) is 14.2. The van der Waals surface area contributed by atoms with Gasteiger partial charge < -0.3 is 20.5 Å². The lowest BCUT2D eigenvalue weighted by atomic mass is 9.98. The SMILES string of the molecule is O=C(CC1(NC(=O)OCC2c3ccccc3-c3ccccc32)CC1)Nc1ccc(C(=O)O)cc1F. The number of benzene rings is 3. The largest absolute Gasteiger partial charge is 0.478 e. The second kappa shape index (κ2) is 8.87. The smallest absolute Gasteiger partial charge is 0.407 e. The lowest BCUT2D eigenvalue weighted by Gasteiger charge is -2.19. The van der Waals surface area contributed by atoms with E-state index in [-0.39, 0.29) is 30.2 Å². The lowest BCUT2D eigenvalue weighted by Crippen LogP contribution is -2.40. The normalized spacial score (nSPS) is 15.0. The number of ether oxygens (including phenoxy) is 1. The van der Waals surface area contributed by atoms with Gasteiger partial charge in [0.1, 0.15) is 12.4 Å². The topological polar surface area (TPSA) is 105 Å². The van der Waals surface area contributed by atoms with Crippen molar-refractivity contribution in [2.45, 2.75) is 30.7 Å². The van der Waals surface area contributed by atoms with Crippen LogP contribution in [-0.4, -0.2) is 35.2 Å². The van der Waals surface area contributed by atoms with Crippen LogP contribution in [0.15, 0.2) is 66.7 Å². The van der Waals surface area contributed by atoms with Crippen LogP contribution >= 0.6 is 0 Å². The molecule has 1 saturated carbocycles. The number of carbonyl (C=O) groups is 3. The highest BCUT2D eigenvalue weighted by atomic mass is 19.1. The molecule has 2 aliphatic rings. The Morgan fingerprint density at radius 2 is 1.60 bits per heavy atom. The van der Waals surface area contributed by atoms with Gasteiger partial charge in [-0.05, 0) is 53.3 Å². The number of aromatic carboxylic acids is 1. The molecule has 1 fully saturated rings. The van der Waals surface area contributed by atoms with Crippen molar-refractivity contribution < 1.29 is 28.6 Å². The van der Waals surface area contributed by atoms with E-state index in [9.17, 15) is 18.8 Å². The van der Waals surface area contributed by atoms with E-state index < -0.39 is 29.3 Å². The summed E-state index contributed by atoms with van der Waals surface area (Å²) in [5.41, 5.74) is 3.43. The fraction of sp³-hybridized carbons (Fsp3) is 0.222. The van der Waals surface area contributed by atoms with Crippen LogP contribution in [0.2, 0.25) is 0 Å². The van der Waals surface area contributed by atoms with E-state index in [1.165, 1.54) is 12.1 Å². The van der Waals surface area contributed by atoms with Gasteiger partial charge in [0.05, 0.1) is 23.2 Å². The Labute approximate surface area is 200 Å². The van der Waals surface area contributed by atoms with Crippen molar-refractivity contribution in [1.82, 2.24) is 5.32 Å². The number of alkyl carbamates (subject to hydrolysis) is 1. The van der Waals surface area contributed by atoms with Crippen LogP contribution in [0.3, 0.4) is 0 Å². The molecule has 3 aromatic rings. The number of carboxylic acid groups (broad SMARTS) is 1. The molecule has 2 aliphatic carbocycles.